The molecule has 2 aromatic rings. The average Bonchev–Trinajstić information content (AvgIpc) is 2.78. The molecule has 1 aromatic carbocycles. The van der Waals surface area contributed by atoms with Crippen LogP contribution in [0.5, 0.6) is 0 Å². The first kappa shape index (κ1) is 14.7. The van der Waals surface area contributed by atoms with Gasteiger partial charge in [-0.1, -0.05) is 28.9 Å². The number of rotatable bonds is 5. The van der Waals surface area contributed by atoms with Crippen molar-refractivity contribution in [3.8, 4) is 0 Å². The summed E-state index contributed by atoms with van der Waals surface area (Å²) in [7, 11) is 0. The summed E-state index contributed by atoms with van der Waals surface area (Å²) in [5, 5.41) is 5.64. The van der Waals surface area contributed by atoms with E-state index in [0.29, 0.717) is 0 Å². The molecule has 0 aliphatic carbocycles. The summed E-state index contributed by atoms with van der Waals surface area (Å²) >= 11 is 5.21. The maximum absolute atomic E-state index is 13.2. The van der Waals surface area contributed by atoms with Crippen molar-refractivity contribution in [1.82, 2.24) is 5.32 Å². The van der Waals surface area contributed by atoms with Gasteiger partial charge in [-0.15, -0.1) is 11.3 Å². The summed E-state index contributed by atoms with van der Waals surface area (Å²) in [6.45, 7) is 5.20. The first-order chi connectivity index (χ1) is 9.13. The molecule has 0 amide bonds. The molecule has 1 aromatic heterocycles. The molecule has 0 bridgehead atoms. The van der Waals surface area contributed by atoms with Crippen molar-refractivity contribution in [3.05, 3.63) is 55.9 Å². The van der Waals surface area contributed by atoms with E-state index >= 15 is 0 Å². The van der Waals surface area contributed by atoms with Crippen LogP contribution in [0.3, 0.4) is 0 Å². The monoisotopic (exact) mass is 341 g/mol. The third-order valence-corrected chi connectivity index (χ3v) is 4.63. The van der Waals surface area contributed by atoms with E-state index in [2.05, 4.69) is 46.5 Å². The van der Waals surface area contributed by atoms with E-state index in [4.69, 9.17) is 0 Å². The van der Waals surface area contributed by atoms with Crippen molar-refractivity contribution in [2.45, 2.75) is 26.3 Å². The van der Waals surface area contributed by atoms with Gasteiger partial charge in [0.05, 0.1) is 6.04 Å². The molecule has 1 nitrogen and oxygen atoms in total. The Balaban J connectivity index is 2.40. The van der Waals surface area contributed by atoms with Gasteiger partial charge in [-0.2, -0.15) is 0 Å². The van der Waals surface area contributed by atoms with Gasteiger partial charge in [0, 0.05) is 9.35 Å². The molecule has 1 N–H and O–H groups in total. The van der Waals surface area contributed by atoms with E-state index in [0.717, 1.165) is 23.0 Å². The van der Waals surface area contributed by atoms with Gasteiger partial charge in [0.1, 0.15) is 5.82 Å². The van der Waals surface area contributed by atoms with E-state index < -0.39 is 0 Å². The van der Waals surface area contributed by atoms with Crippen LogP contribution in [-0.2, 0) is 0 Å². The molecule has 102 valence electrons. The van der Waals surface area contributed by atoms with Gasteiger partial charge in [0.25, 0.3) is 0 Å². The van der Waals surface area contributed by atoms with Crippen LogP contribution in [0.25, 0.3) is 0 Å². The van der Waals surface area contributed by atoms with E-state index in [-0.39, 0.29) is 11.9 Å². The smallest absolute Gasteiger partial charge is 0.124 e. The highest BCUT2D eigenvalue weighted by Gasteiger charge is 2.18. The molecule has 0 fully saturated rings. The van der Waals surface area contributed by atoms with Crippen molar-refractivity contribution in [2.24, 2.45) is 0 Å². The van der Waals surface area contributed by atoms with Gasteiger partial charge in [0.15, 0.2) is 0 Å². The quantitative estimate of drug-likeness (QED) is 0.802. The van der Waals surface area contributed by atoms with E-state index in [1.807, 2.05) is 6.07 Å². The summed E-state index contributed by atoms with van der Waals surface area (Å²) < 4.78 is 14.0. The zero-order valence-corrected chi connectivity index (χ0v) is 13.4. The number of halogens is 2. The van der Waals surface area contributed by atoms with Crippen LogP contribution in [0.2, 0.25) is 0 Å². The Morgan fingerprint density at radius 2 is 2.11 bits per heavy atom. The molecular formula is C15H17BrFNS. The van der Waals surface area contributed by atoms with Gasteiger partial charge < -0.3 is 5.32 Å². The highest BCUT2D eigenvalue weighted by atomic mass is 79.9. The highest BCUT2D eigenvalue weighted by Crippen LogP contribution is 2.32. The van der Waals surface area contributed by atoms with Crippen LogP contribution in [0, 0.1) is 12.7 Å². The summed E-state index contributed by atoms with van der Waals surface area (Å²) in [6, 6.07) is 7.15. The first-order valence-corrected chi connectivity index (χ1v) is 8.03. The fourth-order valence-corrected chi connectivity index (χ4v) is 3.43. The molecule has 0 saturated carbocycles. The van der Waals surface area contributed by atoms with Crippen molar-refractivity contribution < 1.29 is 4.39 Å². The minimum absolute atomic E-state index is 0.112. The normalized spacial score (nSPS) is 12.6. The van der Waals surface area contributed by atoms with Gasteiger partial charge in [-0.25, -0.2) is 4.39 Å². The van der Waals surface area contributed by atoms with Crippen molar-refractivity contribution in [1.29, 1.82) is 0 Å². The standard InChI is InChI=1S/C15H17BrFNS/c1-3-7-18-15(12-6-8-19-10(12)2)13-5-4-11(17)9-14(13)16/h4-6,8-9,15,18H,3,7H2,1-2H3. The second-order valence-corrected chi connectivity index (χ2v) is 6.46. The summed E-state index contributed by atoms with van der Waals surface area (Å²) in [5.41, 5.74) is 2.35. The predicted octanol–water partition coefficient (Wildman–Crippen LogP) is 5.05. The summed E-state index contributed by atoms with van der Waals surface area (Å²) in [5.74, 6) is -0.216. The van der Waals surface area contributed by atoms with E-state index in [1.165, 1.54) is 22.6 Å². The lowest BCUT2D eigenvalue weighted by Gasteiger charge is -2.20. The van der Waals surface area contributed by atoms with Crippen LogP contribution >= 0.6 is 27.3 Å². The Labute approximate surface area is 126 Å². The Morgan fingerprint density at radius 1 is 1.32 bits per heavy atom. The van der Waals surface area contributed by atoms with Crippen molar-refractivity contribution in [3.63, 3.8) is 0 Å². The average molecular weight is 342 g/mol. The third-order valence-electron chi connectivity index (χ3n) is 3.08. The fourth-order valence-electron chi connectivity index (χ4n) is 2.11. The molecule has 2 rings (SSSR count). The molecular weight excluding hydrogens is 325 g/mol. The molecule has 1 unspecified atom stereocenters. The fraction of sp³-hybridized carbons (Fsp3) is 0.333. The number of hydrogen-bond donors (Lipinski definition) is 1. The molecule has 0 aliphatic rings. The van der Waals surface area contributed by atoms with Crippen molar-refractivity contribution in [2.75, 3.05) is 6.54 Å². The molecule has 0 radical (unpaired) electrons. The minimum atomic E-state index is -0.216. The van der Waals surface area contributed by atoms with Gasteiger partial charge >= 0.3 is 0 Å². The van der Waals surface area contributed by atoms with Gasteiger partial charge in [-0.05, 0) is 54.6 Å². The molecule has 0 aliphatic heterocycles. The first-order valence-electron chi connectivity index (χ1n) is 6.35. The third kappa shape index (κ3) is 3.44. The Kier molecular flexibility index (Phi) is 5.13. The SMILES string of the molecule is CCCNC(c1ccc(F)cc1Br)c1ccsc1C. The molecule has 0 spiro atoms. The van der Waals surface area contributed by atoms with Crippen LogP contribution in [0.4, 0.5) is 4.39 Å². The maximum Gasteiger partial charge on any atom is 0.124 e. The highest BCUT2D eigenvalue weighted by molar-refractivity contribution is 9.10. The van der Waals surface area contributed by atoms with Gasteiger partial charge in [-0.3, -0.25) is 0 Å². The molecule has 19 heavy (non-hydrogen) atoms. The molecule has 0 saturated heterocycles. The Morgan fingerprint density at radius 3 is 2.68 bits per heavy atom. The number of benzene rings is 1. The lowest BCUT2D eigenvalue weighted by atomic mass is 9.99. The molecule has 1 atom stereocenters. The van der Waals surface area contributed by atoms with Crippen LogP contribution < -0.4 is 5.32 Å². The minimum Gasteiger partial charge on any atom is -0.306 e. The summed E-state index contributed by atoms with van der Waals surface area (Å²) in [4.78, 5) is 1.30. The lowest BCUT2D eigenvalue weighted by Crippen LogP contribution is -2.23. The Bertz CT molecular complexity index is 553. The molecule has 4 heteroatoms. The number of hydrogen-bond acceptors (Lipinski definition) is 2. The number of nitrogens with one attached hydrogen (secondary N) is 1. The Hall–Kier alpha value is -0.710. The van der Waals surface area contributed by atoms with Crippen LogP contribution in [-0.4, -0.2) is 6.54 Å². The van der Waals surface area contributed by atoms with Crippen LogP contribution in [0.15, 0.2) is 34.1 Å². The maximum atomic E-state index is 13.2. The van der Waals surface area contributed by atoms with E-state index in [9.17, 15) is 4.39 Å². The zero-order valence-electron chi connectivity index (χ0n) is 11.0. The van der Waals surface area contributed by atoms with Crippen LogP contribution in [0.1, 0.15) is 35.4 Å². The zero-order chi connectivity index (χ0) is 13.8. The second-order valence-electron chi connectivity index (χ2n) is 4.49. The predicted molar refractivity (Wildman–Crippen MR) is 83.3 cm³/mol. The topological polar surface area (TPSA) is 12.0 Å². The molecule has 1 heterocycles. The largest absolute Gasteiger partial charge is 0.306 e. The lowest BCUT2D eigenvalue weighted by molar-refractivity contribution is 0.590. The summed E-state index contributed by atoms with van der Waals surface area (Å²) in [6.07, 6.45) is 1.07. The number of aryl methyl sites for hydroxylation is 1. The van der Waals surface area contributed by atoms with Crippen molar-refractivity contribution >= 4 is 27.3 Å². The van der Waals surface area contributed by atoms with E-state index in [1.54, 1.807) is 11.3 Å². The second kappa shape index (κ2) is 6.64. The van der Waals surface area contributed by atoms with Gasteiger partial charge in [0.2, 0.25) is 0 Å². The number of thiophene rings is 1.